The summed E-state index contributed by atoms with van der Waals surface area (Å²) >= 11 is 0. The van der Waals surface area contributed by atoms with E-state index in [0.29, 0.717) is 13.2 Å². The number of esters is 1. The Bertz CT molecular complexity index is 297. The zero-order chi connectivity index (χ0) is 13.1. The van der Waals surface area contributed by atoms with Gasteiger partial charge in [0.15, 0.2) is 6.10 Å². The number of methoxy groups -OCH3 is 1. The molecule has 98 valence electrons. The van der Waals surface area contributed by atoms with Gasteiger partial charge in [0.2, 0.25) is 0 Å². The molecule has 1 aliphatic rings. The second-order valence-electron chi connectivity index (χ2n) is 4.81. The minimum Gasteiger partial charge on any atom is -0.467 e. The highest BCUT2D eigenvalue weighted by Gasteiger charge is 2.32. The molecule has 0 aromatic rings. The van der Waals surface area contributed by atoms with E-state index in [-0.39, 0.29) is 6.54 Å². The summed E-state index contributed by atoms with van der Waals surface area (Å²) < 4.78 is 15.0. The molecule has 0 saturated carbocycles. The minimum atomic E-state index is -0.721. The van der Waals surface area contributed by atoms with Crippen LogP contribution in [0.4, 0.5) is 4.79 Å². The van der Waals surface area contributed by atoms with E-state index in [1.807, 2.05) is 0 Å². The number of ether oxygens (including phenoxy) is 3. The van der Waals surface area contributed by atoms with Gasteiger partial charge in [-0.1, -0.05) is 0 Å². The van der Waals surface area contributed by atoms with Crippen LogP contribution in [0.2, 0.25) is 0 Å². The Labute approximate surface area is 101 Å². The highest BCUT2D eigenvalue weighted by molar-refractivity contribution is 5.76. The van der Waals surface area contributed by atoms with Gasteiger partial charge in [-0.15, -0.1) is 0 Å². The third-order valence-corrected chi connectivity index (χ3v) is 2.18. The maximum atomic E-state index is 11.8. The van der Waals surface area contributed by atoms with Crippen molar-refractivity contribution in [2.75, 3.05) is 26.8 Å². The summed E-state index contributed by atoms with van der Waals surface area (Å²) in [5.74, 6) is -0.474. The van der Waals surface area contributed by atoms with Crippen LogP contribution < -0.4 is 0 Å². The first-order valence-corrected chi connectivity index (χ1v) is 5.51. The second-order valence-corrected chi connectivity index (χ2v) is 4.81. The molecule has 1 heterocycles. The molecule has 1 aliphatic heterocycles. The molecule has 1 amide bonds. The highest BCUT2D eigenvalue weighted by Crippen LogP contribution is 2.13. The number of morpholine rings is 1. The second kappa shape index (κ2) is 5.35. The fourth-order valence-corrected chi connectivity index (χ4v) is 1.42. The third kappa shape index (κ3) is 4.22. The summed E-state index contributed by atoms with van der Waals surface area (Å²) in [6.07, 6.45) is -1.16. The Hall–Kier alpha value is -1.30. The molecule has 6 nitrogen and oxygen atoms in total. The molecule has 6 heteroatoms. The SMILES string of the molecule is COC(=O)[C@@H]1CN(C(=O)OC(C)(C)C)CCO1. The Morgan fingerprint density at radius 2 is 2.00 bits per heavy atom. The van der Waals surface area contributed by atoms with E-state index in [1.54, 1.807) is 20.8 Å². The molecule has 0 N–H and O–H groups in total. The summed E-state index contributed by atoms with van der Waals surface area (Å²) in [7, 11) is 1.29. The average Bonchev–Trinajstić information content (AvgIpc) is 2.26. The van der Waals surface area contributed by atoms with Crippen LogP contribution in [-0.4, -0.2) is 55.5 Å². The summed E-state index contributed by atoms with van der Waals surface area (Å²) in [6, 6.07) is 0. The van der Waals surface area contributed by atoms with Crippen molar-refractivity contribution < 1.29 is 23.8 Å². The fraction of sp³-hybridized carbons (Fsp3) is 0.818. The molecule has 0 bridgehead atoms. The van der Waals surface area contributed by atoms with Crippen LogP contribution in [0.1, 0.15) is 20.8 Å². The molecule has 0 radical (unpaired) electrons. The lowest BCUT2D eigenvalue weighted by molar-refractivity contribution is -0.159. The van der Waals surface area contributed by atoms with Gasteiger partial charge in [0.05, 0.1) is 20.3 Å². The van der Waals surface area contributed by atoms with Gasteiger partial charge in [-0.05, 0) is 20.8 Å². The lowest BCUT2D eigenvalue weighted by Crippen LogP contribution is -2.50. The predicted molar refractivity (Wildman–Crippen MR) is 59.6 cm³/mol. The Balaban J connectivity index is 2.55. The Morgan fingerprint density at radius 3 is 2.53 bits per heavy atom. The third-order valence-electron chi connectivity index (χ3n) is 2.18. The van der Waals surface area contributed by atoms with E-state index >= 15 is 0 Å². The van der Waals surface area contributed by atoms with Crippen molar-refractivity contribution in [2.24, 2.45) is 0 Å². The molecule has 1 fully saturated rings. The van der Waals surface area contributed by atoms with Gasteiger partial charge >= 0.3 is 12.1 Å². The molecule has 0 aromatic carbocycles. The standard InChI is InChI=1S/C11H19NO5/c1-11(2,3)17-10(14)12-5-6-16-8(7-12)9(13)15-4/h8H,5-7H2,1-4H3/t8-/m0/s1. The predicted octanol–water partition coefficient (Wildman–Crippen LogP) is 0.795. The van der Waals surface area contributed by atoms with Gasteiger partial charge in [-0.25, -0.2) is 9.59 Å². The number of hydrogen-bond donors (Lipinski definition) is 0. The van der Waals surface area contributed by atoms with Gasteiger partial charge in [-0.3, -0.25) is 0 Å². The van der Waals surface area contributed by atoms with Crippen LogP contribution >= 0.6 is 0 Å². The van der Waals surface area contributed by atoms with Crippen LogP contribution in [0.5, 0.6) is 0 Å². The van der Waals surface area contributed by atoms with Crippen molar-refractivity contribution in [2.45, 2.75) is 32.5 Å². The molecule has 0 spiro atoms. The van der Waals surface area contributed by atoms with Crippen molar-refractivity contribution in [3.8, 4) is 0 Å². The van der Waals surface area contributed by atoms with Crippen molar-refractivity contribution in [1.82, 2.24) is 4.90 Å². The first-order chi connectivity index (χ1) is 7.83. The van der Waals surface area contributed by atoms with Crippen LogP contribution in [0.25, 0.3) is 0 Å². The maximum absolute atomic E-state index is 11.8. The highest BCUT2D eigenvalue weighted by atomic mass is 16.6. The van der Waals surface area contributed by atoms with E-state index in [2.05, 4.69) is 4.74 Å². The summed E-state index contributed by atoms with van der Waals surface area (Å²) in [4.78, 5) is 24.5. The van der Waals surface area contributed by atoms with E-state index < -0.39 is 23.8 Å². The fourth-order valence-electron chi connectivity index (χ4n) is 1.42. The molecule has 0 aromatic heterocycles. The van der Waals surface area contributed by atoms with E-state index in [4.69, 9.17) is 9.47 Å². The van der Waals surface area contributed by atoms with Gasteiger partial charge in [0.25, 0.3) is 0 Å². The van der Waals surface area contributed by atoms with Gasteiger partial charge in [0, 0.05) is 6.54 Å². The number of rotatable bonds is 1. The number of carbonyl (C=O) groups is 2. The smallest absolute Gasteiger partial charge is 0.410 e. The average molecular weight is 245 g/mol. The van der Waals surface area contributed by atoms with Crippen molar-refractivity contribution in [3.05, 3.63) is 0 Å². The van der Waals surface area contributed by atoms with E-state index in [9.17, 15) is 9.59 Å². The largest absolute Gasteiger partial charge is 0.467 e. The Kier molecular flexibility index (Phi) is 4.34. The van der Waals surface area contributed by atoms with Crippen LogP contribution in [-0.2, 0) is 19.0 Å². The first kappa shape index (κ1) is 13.8. The van der Waals surface area contributed by atoms with Gasteiger partial charge in [0.1, 0.15) is 5.60 Å². The van der Waals surface area contributed by atoms with Crippen LogP contribution in [0, 0.1) is 0 Å². The zero-order valence-corrected chi connectivity index (χ0v) is 10.7. The Morgan fingerprint density at radius 1 is 1.35 bits per heavy atom. The van der Waals surface area contributed by atoms with Crippen LogP contribution in [0.3, 0.4) is 0 Å². The van der Waals surface area contributed by atoms with Crippen molar-refractivity contribution in [3.63, 3.8) is 0 Å². The maximum Gasteiger partial charge on any atom is 0.410 e. The number of hydrogen-bond acceptors (Lipinski definition) is 5. The lowest BCUT2D eigenvalue weighted by Gasteiger charge is -2.32. The van der Waals surface area contributed by atoms with Gasteiger partial charge < -0.3 is 19.1 Å². The number of carbonyl (C=O) groups excluding carboxylic acids is 2. The van der Waals surface area contributed by atoms with Crippen molar-refractivity contribution in [1.29, 1.82) is 0 Å². The summed E-state index contributed by atoms with van der Waals surface area (Å²) in [5, 5.41) is 0. The molecule has 1 atom stereocenters. The van der Waals surface area contributed by atoms with Crippen LogP contribution in [0.15, 0.2) is 0 Å². The first-order valence-electron chi connectivity index (χ1n) is 5.51. The lowest BCUT2D eigenvalue weighted by atomic mass is 10.2. The van der Waals surface area contributed by atoms with Gasteiger partial charge in [-0.2, -0.15) is 0 Å². The topological polar surface area (TPSA) is 65.1 Å². The zero-order valence-electron chi connectivity index (χ0n) is 10.7. The molecule has 1 rings (SSSR count). The van der Waals surface area contributed by atoms with E-state index in [0.717, 1.165) is 0 Å². The molecule has 0 aliphatic carbocycles. The number of amides is 1. The van der Waals surface area contributed by atoms with Crippen molar-refractivity contribution >= 4 is 12.1 Å². The quantitative estimate of drug-likeness (QED) is 0.639. The molecule has 17 heavy (non-hydrogen) atoms. The van der Waals surface area contributed by atoms with E-state index in [1.165, 1.54) is 12.0 Å². The summed E-state index contributed by atoms with van der Waals surface area (Å²) in [6.45, 7) is 6.28. The molecular weight excluding hydrogens is 226 g/mol. The molecular formula is C11H19NO5. The normalized spacial score (nSPS) is 20.9. The minimum absolute atomic E-state index is 0.168. The molecule has 1 saturated heterocycles. The molecule has 0 unspecified atom stereocenters. The summed E-state index contributed by atoms with van der Waals surface area (Å²) in [5.41, 5.74) is -0.545. The number of nitrogens with zero attached hydrogens (tertiary/aromatic N) is 1. The monoisotopic (exact) mass is 245 g/mol.